The van der Waals surface area contributed by atoms with Gasteiger partial charge in [0.05, 0.1) is 6.42 Å². The summed E-state index contributed by atoms with van der Waals surface area (Å²) in [4.78, 5) is 9.65. The molecule has 0 aromatic heterocycles. The molecule has 0 atom stereocenters. The van der Waals surface area contributed by atoms with Gasteiger partial charge < -0.3 is 0 Å². The van der Waals surface area contributed by atoms with Crippen LogP contribution in [0.15, 0.2) is 85.5 Å². The first-order chi connectivity index (χ1) is 10.3. The molecule has 0 bridgehead atoms. The largest absolute Gasteiger partial charge is 0.319 e. The van der Waals surface area contributed by atoms with E-state index < -0.39 is 0 Å². The van der Waals surface area contributed by atoms with Crippen molar-refractivity contribution < 1.29 is 4.79 Å². The maximum Gasteiger partial charge on any atom is 0.319 e. The van der Waals surface area contributed by atoms with Crippen molar-refractivity contribution in [2.75, 3.05) is 0 Å². The predicted octanol–water partition coefficient (Wildman–Crippen LogP) is 4.72. The third-order valence-electron chi connectivity index (χ3n) is 3.23. The Bertz CT molecular complexity index is 557. The molecule has 1 nitrogen and oxygen atoms in total. The summed E-state index contributed by atoms with van der Waals surface area (Å²) in [6.45, 7) is 3.62. The predicted molar refractivity (Wildman–Crippen MR) is 89.8 cm³/mol. The molecule has 0 fully saturated rings. The maximum absolute atomic E-state index is 9.65. The zero-order valence-corrected chi connectivity index (χ0v) is 12.1. The minimum absolute atomic E-state index is 0.338. The van der Waals surface area contributed by atoms with Crippen molar-refractivity contribution in [3.05, 3.63) is 103 Å². The molecule has 21 heavy (non-hydrogen) atoms. The molecule has 2 aromatic rings. The summed E-state index contributed by atoms with van der Waals surface area (Å²) < 4.78 is 0. The highest BCUT2D eigenvalue weighted by Crippen LogP contribution is 2.27. The van der Waals surface area contributed by atoms with E-state index in [0.717, 1.165) is 6.42 Å². The molecule has 0 unspecified atom stereocenters. The van der Waals surface area contributed by atoms with Gasteiger partial charge in [0.25, 0.3) is 0 Å². The van der Waals surface area contributed by atoms with Crippen LogP contribution >= 0.6 is 0 Å². The van der Waals surface area contributed by atoms with Gasteiger partial charge in [-0.25, -0.2) is 0 Å². The van der Waals surface area contributed by atoms with Gasteiger partial charge in [-0.2, -0.15) is 0 Å². The second kappa shape index (κ2) is 8.01. The van der Waals surface area contributed by atoms with Crippen LogP contribution in [0.5, 0.6) is 0 Å². The highest BCUT2D eigenvalue weighted by Gasteiger charge is 2.13. The molecular weight excluding hydrogens is 256 g/mol. The van der Waals surface area contributed by atoms with Gasteiger partial charge in [-0.05, 0) is 17.5 Å². The summed E-state index contributed by atoms with van der Waals surface area (Å²) in [7, 11) is 0. The summed E-state index contributed by atoms with van der Waals surface area (Å²) >= 11 is 0. The number of allylic oxidation sites excluding steroid dienone is 3. The average molecular weight is 276 g/mol. The van der Waals surface area contributed by atoms with Gasteiger partial charge in [0.2, 0.25) is 0 Å². The maximum atomic E-state index is 9.65. The number of hydrogen-bond acceptors (Lipinski definition) is 0. The Morgan fingerprint density at radius 1 is 0.857 bits per heavy atom. The van der Waals surface area contributed by atoms with Crippen molar-refractivity contribution in [3.8, 4) is 0 Å². The molecule has 1 N–H and O–H groups in total. The first kappa shape index (κ1) is 15.0. The van der Waals surface area contributed by atoms with Crippen LogP contribution < -0.4 is 0 Å². The second-order valence-corrected chi connectivity index (χ2v) is 4.80. The molecule has 0 aliphatic rings. The summed E-state index contributed by atoms with van der Waals surface area (Å²) in [5.74, 6) is 1.59. The van der Waals surface area contributed by atoms with Crippen molar-refractivity contribution >= 4 is 5.78 Å². The van der Waals surface area contributed by atoms with E-state index >= 15 is 0 Å². The molecule has 0 saturated heterocycles. The molecule has 0 saturated carbocycles. The first-order valence-electron chi connectivity index (χ1n) is 7.10. The normalized spacial score (nSPS) is 10.9. The van der Waals surface area contributed by atoms with E-state index in [2.05, 4.69) is 30.8 Å². The molecule has 1 radical (unpaired) electrons. The minimum atomic E-state index is 0.338. The topological polar surface area (TPSA) is 21.4 Å². The van der Waals surface area contributed by atoms with Crippen molar-refractivity contribution in [1.29, 1.82) is 0 Å². The van der Waals surface area contributed by atoms with Gasteiger partial charge in [0.15, 0.2) is 0 Å². The zero-order chi connectivity index (χ0) is 14.9. The van der Waals surface area contributed by atoms with Crippen molar-refractivity contribution in [2.45, 2.75) is 12.8 Å². The standard InChI is InChI=1S/C20H19O/c1-2-10-19(21)15-9-16-20(17-11-5-3-6-12-17)18-13-7-4-8-14-18/h2-9,11-15H,1,10,16H2/p+1/b15-9+. The number of benzene rings is 2. The third-order valence-corrected chi connectivity index (χ3v) is 3.23. The lowest BCUT2D eigenvalue weighted by molar-refractivity contribution is 0.671. The molecule has 0 spiro atoms. The number of rotatable bonds is 7. The fraction of sp³-hybridized carbons (Fsp3) is 0.100. The lowest BCUT2D eigenvalue weighted by atomic mass is 9.88. The van der Waals surface area contributed by atoms with E-state index in [1.54, 1.807) is 12.2 Å². The first-order valence-corrected chi connectivity index (χ1v) is 7.10. The summed E-state index contributed by atoms with van der Waals surface area (Å²) in [5.41, 5.74) is 2.41. The number of hydrogen-bond donors (Lipinski definition) is 0. The molecule has 0 amide bonds. The Balaban J connectivity index is 2.18. The van der Waals surface area contributed by atoms with Gasteiger partial charge >= 0.3 is 5.78 Å². The fourth-order valence-electron chi connectivity index (χ4n) is 2.21. The van der Waals surface area contributed by atoms with Crippen LogP contribution in [0, 0.1) is 5.92 Å². The smallest absolute Gasteiger partial charge is 0.278 e. The molecule has 1 heteroatoms. The monoisotopic (exact) mass is 276 g/mol. The Kier molecular flexibility index (Phi) is 5.71. The number of ketones is 1. The van der Waals surface area contributed by atoms with Gasteiger partial charge in [0.1, 0.15) is 0 Å². The lowest BCUT2D eigenvalue weighted by Crippen LogP contribution is -2.01. The van der Waals surface area contributed by atoms with Crippen LogP contribution in [0.1, 0.15) is 24.0 Å². The molecule has 2 rings (SSSR count). The number of carbonyl (C=O) groups excluding carboxylic acids is 1. The van der Waals surface area contributed by atoms with Gasteiger partial charge in [-0.1, -0.05) is 72.8 Å². The highest BCUT2D eigenvalue weighted by molar-refractivity contribution is 5.91. The van der Waals surface area contributed by atoms with Crippen LogP contribution in [-0.2, 0) is 0 Å². The Morgan fingerprint density at radius 2 is 1.38 bits per heavy atom. The molecular formula is C20H20O+. The summed E-state index contributed by atoms with van der Waals surface area (Å²) in [6.07, 6.45) is 6.72. The molecule has 105 valence electrons. The van der Waals surface area contributed by atoms with E-state index in [9.17, 15) is 4.79 Å². The van der Waals surface area contributed by atoms with Crippen molar-refractivity contribution in [3.63, 3.8) is 0 Å². The van der Waals surface area contributed by atoms with Gasteiger partial charge in [-0.15, -0.1) is 6.58 Å². The van der Waals surface area contributed by atoms with E-state index in [1.165, 1.54) is 17.0 Å². The molecule has 0 heterocycles. The molecule has 0 aliphatic carbocycles. The van der Waals surface area contributed by atoms with E-state index in [0.29, 0.717) is 12.2 Å². The Morgan fingerprint density at radius 3 is 1.86 bits per heavy atom. The van der Waals surface area contributed by atoms with Gasteiger partial charge in [0, 0.05) is 12.0 Å². The minimum Gasteiger partial charge on any atom is -0.278 e. The van der Waals surface area contributed by atoms with Crippen LogP contribution in [0.2, 0.25) is 0 Å². The van der Waals surface area contributed by atoms with Crippen molar-refractivity contribution in [2.24, 2.45) is 0 Å². The van der Waals surface area contributed by atoms with Crippen LogP contribution in [-0.4, -0.2) is 10.6 Å². The molecule has 0 aliphatic heterocycles. The van der Waals surface area contributed by atoms with Crippen LogP contribution in [0.25, 0.3) is 0 Å². The zero-order valence-electron chi connectivity index (χ0n) is 12.1. The van der Waals surface area contributed by atoms with Crippen LogP contribution in [0.4, 0.5) is 0 Å². The fourth-order valence-corrected chi connectivity index (χ4v) is 2.21. The highest BCUT2D eigenvalue weighted by atomic mass is 16.1. The summed E-state index contributed by atoms with van der Waals surface area (Å²) in [5, 5.41) is 0. The quantitative estimate of drug-likeness (QED) is 0.396. The lowest BCUT2D eigenvalue weighted by Gasteiger charge is -2.15. The second-order valence-electron chi connectivity index (χ2n) is 4.80. The van der Waals surface area contributed by atoms with Crippen LogP contribution in [0.3, 0.4) is 0 Å². The average Bonchev–Trinajstić information content (AvgIpc) is 2.53. The van der Waals surface area contributed by atoms with E-state index in [1.807, 2.05) is 42.5 Å². The molecule has 2 aromatic carbocycles. The summed E-state index contributed by atoms with van der Waals surface area (Å²) in [6, 6.07) is 20.7. The SMILES string of the molecule is C=CCC(=[OH+])/C=C/C[C](c1ccccc1)c1ccccc1. The Labute approximate surface area is 126 Å². The van der Waals surface area contributed by atoms with Crippen molar-refractivity contribution in [1.82, 2.24) is 0 Å². The Hall–Kier alpha value is -2.41. The van der Waals surface area contributed by atoms with Gasteiger partial charge in [-0.3, -0.25) is 4.79 Å². The van der Waals surface area contributed by atoms with E-state index in [4.69, 9.17) is 0 Å². The third kappa shape index (κ3) is 4.57. The van der Waals surface area contributed by atoms with E-state index in [-0.39, 0.29) is 0 Å².